The molecule has 0 aromatic heterocycles. The maximum Gasteiger partial charge on any atom is 0.0700 e. The van der Waals surface area contributed by atoms with E-state index in [1.165, 1.54) is 25.9 Å². The fraction of sp³-hybridized carbons (Fsp3) is 1.00. The molecule has 1 N–H and O–H groups in total. The van der Waals surface area contributed by atoms with Crippen LogP contribution in [0.15, 0.2) is 0 Å². The molecule has 2 fully saturated rings. The lowest BCUT2D eigenvalue weighted by atomic mass is 10.1. The Kier molecular flexibility index (Phi) is 3.79. The molecule has 0 saturated carbocycles. The van der Waals surface area contributed by atoms with Gasteiger partial charge < -0.3 is 10.1 Å². The third kappa shape index (κ3) is 2.69. The van der Waals surface area contributed by atoms with Crippen molar-refractivity contribution in [3.05, 3.63) is 0 Å². The summed E-state index contributed by atoms with van der Waals surface area (Å²) in [6.45, 7) is 7.82. The minimum absolute atomic E-state index is 0.477. The van der Waals surface area contributed by atoms with Crippen LogP contribution in [0.5, 0.6) is 0 Å². The normalized spacial score (nSPS) is 34.9. The Balaban J connectivity index is 1.73. The van der Waals surface area contributed by atoms with Gasteiger partial charge in [-0.15, -0.1) is 0 Å². The van der Waals surface area contributed by atoms with Crippen LogP contribution in [-0.4, -0.2) is 49.8 Å². The van der Waals surface area contributed by atoms with Gasteiger partial charge in [0.2, 0.25) is 0 Å². The van der Waals surface area contributed by atoms with Gasteiger partial charge in [-0.3, -0.25) is 4.90 Å². The van der Waals surface area contributed by atoms with Crippen molar-refractivity contribution in [3.63, 3.8) is 0 Å². The maximum absolute atomic E-state index is 5.66. The summed E-state index contributed by atoms with van der Waals surface area (Å²) in [6, 6.07) is 0.741. The zero-order valence-corrected chi connectivity index (χ0v) is 9.17. The van der Waals surface area contributed by atoms with Crippen LogP contribution in [0.4, 0.5) is 0 Å². The zero-order valence-electron chi connectivity index (χ0n) is 9.17. The van der Waals surface area contributed by atoms with E-state index in [4.69, 9.17) is 4.74 Å². The summed E-state index contributed by atoms with van der Waals surface area (Å²) in [6.07, 6.45) is 4.33. The molecule has 2 aliphatic heterocycles. The van der Waals surface area contributed by atoms with Gasteiger partial charge in [-0.2, -0.15) is 0 Å². The van der Waals surface area contributed by atoms with Gasteiger partial charge in [0.25, 0.3) is 0 Å². The fourth-order valence-electron chi connectivity index (χ4n) is 2.42. The standard InChI is InChI=1S/C11H22N2O/c1-2-11-9-13(6-7-14-11)8-10-4-3-5-12-10/h10-12H,2-9H2,1H3/t10-,11?/m1/s1. The number of nitrogens with zero attached hydrogens (tertiary/aromatic N) is 1. The molecule has 2 heterocycles. The van der Waals surface area contributed by atoms with Crippen molar-refractivity contribution >= 4 is 0 Å². The molecular formula is C11H22N2O. The van der Waals surface area contributed by atoms with Gasteiger partial charge in [0.15, 0.2) is 0 Å². The van der Waals surface area contributed by atoms with Gasteiger partial charge in [-0.1, -0.05) is 6.92 Å². The minimum atomic E-state index is 0.477. The molecule has 2 aliphatic rings. The quantitative estimate of drug-likeness (QED) is 0.727. The van der Waals surface area contributed by atoms with E-state index in [0.29, 0.717) is 6.10 Å². The molecule has 1 unspecified atom stereocenters. The fourth-order valence-corrected chi connectivity index (χ4v) is 2.42. The Labute approximate surface area is 86.8 Å². The predicted octanol–water partition coefficient (Wildman–Crippen LogP) is 0.849. The first-order chi connectivity index (χ1) is 6.88. The number of rotatable bonds is 3. The van der Waals surface area contributed by atoms with Gasteiger partial charge in [-0.05, 0) is 25.8 Å². The van der Waals surface area contributed by atoms with Crippen LogP contribution in [0.1, 0.15) is 26.2 Å². The number of ether oxygens (including phenoxy) is 1. The highest BCUT2D eigenvalue weighted by molar-refractivity contribution is 4.80. The second-order valence-corrected chi connectivity index (χ2v) is 4.45. The second kappa shape index (κ2) is 5.10. The number of hydrogen-bond donors (Lipinski definition) is 1. The third-order valence-corrected chi connectivity index (χ3v) is 3.32. The van der Waals surface area contributed by atoms with Gasteiger partial charge in [0.05, 0.1) is 12.7 Å². The van der Waals surface area contributed by atoms with E-state index in [2.05, 4.69) is 17.1 Å². The molecule has 0 aliphatic carbocycles. The van der Waals surface area contributed by atoms with Crippen LogP contribution in [0.2, 0.25) is 0 Å². The second-order valence-electron chi connectivity index (χ2n) is 4.45. The van der Waals surface area contributed by atoms with E-state index < -0.39 is 0 Å². The molecular weight excluding hydrogens is 176 g/mol. The summed E-state index contributed by atoms with van der Waals surface area (Å²) in [5.74, 6) is 0. The van der Waals surface area contributed by atoms with Crippen LogP contribution < -0.4 is 5.32 Å². The molecule has 0 bridgehead atoms. The Morgan fingerprint density at radius 2 is 2.43 bits per heavy atom. The molecule has 3 nitrogen and oxygen atoms in total. The van der Waals surface area contributed by atoms with Crippen molar-refractivity contribution in [1.82, 2.24) is 10.2 Å². The molecule has 14 heavy (non-hydrogen) atoms. The topological polar surface area (TPSA) is 24.5 Å². The van der Waals surface area contributed by atoms with E-state index >= 15 is 0 Å². The average Bonchev–Trinajstić information content (AvgIpc) is 2.71. The van der Waals surface area contributed by atoms with Crippen molar-refractivity contribution in [3.8, 4) is 0 Å². The predicted molar refractivity (Wildman–Crippen MR) is 57.5 cm³/mol. The van der Waals surface area contributed by atoms with Crippen LogP contribution in [-0.2, 0) is 4.74 Å². The van der Waals surface area contributed by atoms with Crippen LogP contribution in [0, 0.1) is 0 Å². The molecule has 0 amide bonds. The Morgan fingerprint density at radius 1 is 1.50 bits per heavy atom. The molecule has 0 aromatic carbocycles. The Hall–Kier alpha value is -0.120. The molecule has 2 atom stereocenters. The largest absolute Gasteiger partial charge is 0.376 e. The maximum atomic E-state index is 5.66. The average molecular weight is 198 g/mol. The number of morpholine rings is 1. The Bertz CT molecular complexity index is 169. The third-order valence-electron chi connectivity index (χ3n) is 3.32. The molecule has 0 radical (unpaired) electrons. The highest BCUT2D eigenvalue weighted by Gasteiger charge is 2.22. The molecule has 82 valence electrons. The van der Waals surface area contributed by atoms with Crippen LogP contribution >= 0.6 is 0 Å². The van der Waals surface area contributed by atoms with Gasteiger partial charge in [-0.25, -0.2) is 0 Å². The van der Waals surface area contributed by atoms with E-state index in [0.717, 1.165) is 32.2 Å². The first-order valence-corrected chi connectivity index (χ1v) is 5.96. The lowest BCUT2D eigenvalue weighted by molar-refractivity contribution is -0.0316. The number of hydrogen-bond acceptors (Lipinski definition) is 3. The first kappa shape index (κ1) is 10.4. The highest BCUT2D eigenvalue weighted by Crippen LogP contribution is 2.12. The molecule has 0 spiro atoms. The summed E-state index contributed by atoms with van der Waals surface area (Å²) in [5, 5.41) is 3.55. The zero-order chi connectivity index (χ0) is 9.80. The van der Waals surface area contributed by atoms with Crippen molar-refractivity contribution in [2.45, 2.75) is 38.3 Å². The SMILES string of the molecule is CCC1CN(C[C@H]2CCCN2)CCO1. The summed E-state index contributed by atoms with van der Waals surface area (Å²) >= 11 is 0. The number of nitrogens with one attached hydrogen (secondary N) is 1. The summed E-state index contributed by atoms with van der Waals surface area (Å²) < 4.78 is 5.66. The summed E-state index contributed by atoms with van der Waals surface area (Å²) in [5.41, 5.74) is 0. The molecule has 3 heteroatoms. The van der Waals surface area contributed by atoms with E-state index in [9.17, 15) is 0 Å². The van der Waals surface area contributed by atoms with Crippen molar-refractivity contribution < 1.29 is 4.74 Å². The highest BCUT2D eigenvalue weighted by atomic mass is 16.5. The van der Waals surface area contributed by atoms with Gasteiger partial charge in [0, 0.05) is 25.7 Å². The first-order valence-electron chi connectivity index (χ1n) is 5.96. The lowest BCUT2D eigenvalue weighted by Crippen LogP contribution is -2.47. The lowest BCUT2D eigenvalue weighted by Gasteiger charge is -2.34. The minimum Gasteiger partial charge on any atom is -0.376 e. The summed E-state index contributed by atoms with van der Waals surface area (Å²) in [7, 11) is 0. The Morgan fingerprint density at radius 3 is 3.14 bits per heavy atom. The van der Waals surface area contributed by atoms with Crippen molar-refractivity contribution in [1.29, 1.82) is 0 Å². The molecule has 2 saturated heterocycles. The van der Waals surface area contributed by atoms with Gasteiger partial charge >= 0.3 is 0 Å². The van der Waals surface area contributed by atoms with Crippen molar-refractivity contribution in [2.24, 2.45) is 0 Å². The van der Waals surface area contributed by atoms with E-state index in [1.54, 1.807) is 0 Å². The smallest absolute Gasteiger partial charge is 0.0700 e. The monoisotopic (exact) mass is 198 g/mol. The molecule has 0 aromatic rings. The van der Waals surface area contributed by atoms with Gasteiger partial charge in [0.1, 0.15) is 0 Å². The van der Waals surface area contributed by atoms with Crippen LogP contribution in [0.3, 0.4) is 0 Å². The summed E-state index contributed by atoms with van der Waals surface area (Å²) in [4.78, 5) is 2.56. The molecule has 2 rings (SSSR count). The van der Waals surface area contributed by atoms with E-state index in [-0.39, 0.29) is 0 Å². The van der Waals surface area contributed by atoms with Crippen molar-refractivity contribution in [2.75, 3.05) is 32.8 Å². The van der Waals surface area contributed by atoms with E-state index in [1.807, 2.05) is 0 Å². The van der Waals surface area contributed by atoms with Crippen LogP contribution in [0.25, 0.3) is 0 Å².